The molecule has 2 unspecified atom stereocenters. The first-order chi connectivity index (χ1) is 16.0. The Bertz CT molecular complexity index is 1130. The SMILES string of the molecule is COC(=O)C1(C(=O)OC)C(c2ccc(OC)cc2)Cc2nn[se]c2C1c1ccc(OC)cc1. The van der Waals surface area contributed by atoms with Crippen molar-refractivity contribution in [3.63, 3.8) is 0 Å². The Morgan fingerprint density at radius 3 is 1.85 bits per heavy atom. The normalized spacial score (nSPS) is 18.7. The second-order valence-electron chi connectivity index (χ2n) is 7.67. The molecule has 0 saturated heterocycles. The Balaban J connectivity index is 2.01. The monoisotopic (exact) mass is 516 g/mol. The number of ether oxygens (including phenoxy) is 4. The van der Waals surface area contributed by atoms with Crippen LogP contribution in [0.3, 0.4) is 0 Å². The third-order valence-corrected chi connectivity index (χ3v) is 8.01. The molecule has 2 atom stereocenters. The van der Waals surface area contributed by atoms with E-state index in [0.717, 1.165) is 21.3 Å². The van der Waals surface area contributed by atoms with Crippen molar-refractivity contribution in [1.82, 2.24) is 9.19 Å². The summed E-state index contributed by atoms with van der Waals surface area (Å²) < 4.78 is 26.4. The van der Waals surface area contributed by atoms with Crippen LogP contribution in [0.2, 0.25) is 0 Å². The van der Waals surface area contributed by atoms with E-state index >= 15 is 0 Å². The van der Waals surface area contributed by atoms with Crippen molar-refractivity contribution in [2.24, 2.45) is 5.41 Å². The predicted molar refractivity (Wildman–Crippen MR) is 120 cm³/mol. The zero-order chi connectivity index (χ0) is 23.6. The van der Waals surface area contributed by atoms with E-state index < -0.39 is 29.2 Å². The van der Waals surface area contributed by atoms with E-state index in [4.69, 9.17) is 18.9 Å². The summed E-state index contributed by atoms with van der Waals surface area (Å²) in [5.41, 5.74) is 0.709. The molecule has 0 fully saturated rings. The number of hydrogen-bond acceptors (Lipinski definition) is 8. The molecule has 0 bridgehead atoms. The molecule has 3 aromatic rings. The van der Waals surface area contributed by atoms with Crippen molar-refractivity contribution in [2.75, 3.05) is 28.4 Å². The van der Waals surface area contributed by atoms with Crippen LogP contribution in [-0.2, 0) is 25.5 Å². The number of esters is 2. The Kier molecular flexibility index (Phi) is 6.53. The van der Waals surface area contributed by atoms with Gasteiger partial charge in [-0.2, -0.15) is 0 Å². The van der Waals surface area contributed by atoms with E-state index in [1.807, 2.05) is 36.4 Å². The number of rotatable bonds is 6. The number of carbonyl (C=O) groups is 2. The molecule has 9 heteroatoms. The van der Waals surface area contributed by atoms with Crippen molar-refractivity contribution in [1.29, 1.82) is 0 Å². The average molecular weight is 515 g/mol. The first-order valence-corrected chi connectivity index (χ1v) is 11.9. The molecular formula is C24H24N2O6Se. The van der Waals surface area contributed by atoms with Crippen LogP contribution in [0.1, 0.15) is 33.1 Å². The van der Waals surface area contributed by atoms with Gasteiger partial charge in [0.25, 0.3) is 0 Å². The quantitative estimate of drug-likeness (QED) is 0.281. The van der Waals surface area contributed by atoms with Gasteiger partial charge in [0, 0.05) is 0 Å². The Morgan fingerprint density at radius 2 is 1.36 bits per heavy atom. The fourth-order valence-corrected chi connectivity index (χ4v) is 6.56. The molecule has 1 heterocycles. The predicted octanol–water partition coefficient (Wildman–Crippen LogP) is 2.36. The van der Waals surface area contributed by atoms with Crippen LogP contribution in [0.25, 0.3) is 0 Å². The summed E-state index contributed by atoms with van der Waals surface area (Å²) in [7, 11) is 5.75. The molecule has 0 radical (unpaired) electrons. The van der Waals surface area contributed by atoms with Gasteiger partial charge in [0.1, 0.15) is 0 Å². The van der Waals surface area contributed by atoms with Gasteiger partial charge in [0.2, 0.25) is 0 Å². The topological polar surface area (TPSA) is 96.8 Å². The minimum atomic E-state index is -1.65. The molecular weight excluding hydrogens is 491 g/mol. The molecule has 0 aliphatic heterocycles. The summed E-state index contributed by atoms with van der Waals surface area (Å²) in [6.45, 7) is 0. The molecule has 33 heavy (non-hydrogen) atoms. The summed E-state index contributed by atoms with van der Waals surface area (Å²) in [6, 6.07) is 14.7. The van der Waals surface area contributed by atoms with Crippen LogP contribution < -0.4 is 9.47 Å². The second-order valence-corrected chi connectivity index (χ2v) is 9.32. The maximum atomic E-state index is 13.6. The van der Waals surface area contributed by atoms with Crippen LogP contribution in [0.15, 0.2) is 48.5 Å². The van der Waals surface area contributed by atoms with Crippen LogP contribution in [0, 0.1) is 5.41 Å². The van der Waals surface area contributed by atoms with Crippen molar-refractivity contribution in [3.05, 3.63) is 69.8 Å². The number of fused-ring (bicyclic) bond motifs is 1. The molecule has 0 saturated carbocycles. The third kappa shape index (κ3) is 3.71. The van der Waals surface area contributed by atoms with Gasteiger partial charge >= 0.3 is 198 Å². The van der Waals surface area contributed by atoms with Crippen LogP contribution >= 0.6 is 0 Å². The first-order valence-electron chi connectivity index (χ1n) is 10.3. The van der Waals surface area contributed by atoms with Gasteiger partial charge in [-0.15, -0.1) is 0 Å². The Morgan fingerprint density at radius 1 is 0.848 bits per heavy atom. The van der Waals surface area contributed by atoms with Crippen molar-refractivity contribution >= 4 is 26.7 Å². The van der Waals surface area contributed by atoms with E-state index in [1.165, 1.54) is 14.2 Å². The van der Waals surface area contributed by atoms with E-state index in [9.17, 15) is 9.59 Å². The zero-order valence-electron chi connectivity index (χ0n) is 18.7. The fourth-order valence-electron chi connectivity index (χ4n) is 4.71. The molecule has 1 aromatic heterocycles. The molecule has 0 amide bonds. The number of nitrogens with zero attached hydrogens (tertiary/aromatic N) is 2. The van der Waals surface area contributed by atoms with Gasteiger partial charge in [-0.25, -0.2) is 0 Å². The molecule has 1 aliphatic rings. The standard InChI is InChI=1S/C24H24N2O6Se/c1-29-16-9-5-14(6-10-16)18-13-19-21(33-26-25-19)20(15-7-11-17(30-2)12-8-15)24(18,22(27)31-3)23(28)32-4/h5-12,18,20H,13H2,1-4H3. The molecule has 2 aromatic carbocycles. The second kappa shape index (κ2) is 9.37. The van der Waals surface area contributed by atoms with Gasteiger partial charge < -0.3 is 0 Å². The van der Waals surface area contributed by atoms with E-state index in [-0.39, 0.29) is 14.7 Å². The van der Waals surface area contributed by atoms with E-state index in [1.54, 1.807) is 26.4 Å². The Hall–Kier alpha value is -3.16. The number of aromatic nitrogens is 2. The summed E-state index contributed by atoms with van der Waals surface area (Å²) in [4.78, 5) is 27.3. The van der Waals surface area contributed by atoms with Gasteiger partial charge in [-0.3, -0.25) is 0 Å². The van der Waals surface area contributed by atoms with Crippen LogP contribution in [0.4, 0.5) is 0 Å². The summed E-state index contributed by atoms with van der Waals surface area (Å²) >= 11 is -0.349. The molecule has 0 N–H and O–H groups in total. The Labute approximate surface area is 197 Å². The number of carbonyl (C=O) groups excluding carboxylic acids is 2. The zero-order valence-corrected chi connectivity index (χ0v) is 20.4. The van der Waals surface area contributed by atoms with Crippen LogP contribution in [0.5, 0.6) is 11.5 Å². The number of methoxy groups -OCH3 is 4. The third-order valence-electron chi connectivity index (χ3n) is 6.26. The molecule has 1 aliphatic carbocycles. The molecule has 4 rings (SSSR count). The van der Waals surface area contributed by atoms with Gasteiger partial charge in [0.05, 0.1) is 0 Å². The van der Waals surface area contributed by atoms with Gasteiger partial charge in [0.15, 0.2) is 0 Å². The van der Waals surface area contributed by atoms with Crippen molar-refractivity contribution < 1.29 is 28.5 Å². The molecule has 0 spiro atoms. The number of hydrogen-bond donors (Lipinski definition) is 0. The molecule has 172 valence electrons. The summed E-state index contributed by atoms with van der Waals surface area (Å²) in [5, 5.41) is 4.39. The summed E-state index contributed by atoms with van der Waals surface area (Å²) in [5.74, 6) is -1.18. The van der Waals surface area contributed by atoms with Gasteiger partial charge in [-0.05, 0) is 0 Å². The van der Waals surface area contributed by atoms with Crippen molar-refractivity contribution in [3.8, 4) is 11.5 Å². The van der Waals surface area contributed by atoms with E-state index in [2.05, 4.69) is 9.19 Å². The fraction of sp³-hybridized carbons (Fsp3) is 0.333. The summed E-state index contributed by atoms with van der Waals surface area (Å²) in [6.07, 6.45) is 0.365. The first kappa shape index (κ1) is 23.0. The minimum absolute atomic E-state index is 0.349. The molecule has 8 nitrogen and oxygen atoms in total. The van der Waals surface area contributed by atoms with E-state index in [0.29, 0.717) is 17.9 Å². The maximum absolute atomic E-state index is 13.6. The van der Waals surface area contributed by atoms with Crippen LogP contribution in [-0.4, -0.2) is 64.3 Å². The number of benzene rings is 2. The van der Waals surface area contributed by atoms with Gasteiger partial charge in [-0.1, -0.05) is 0 Å². The average Bonchev–Trinajstić information content (AvgIpc) is 3.34. The van der Waals surface area contributed by atoms with Crippen molar-refractivity contribution in [2.45, 2.75) is 18.3 Å².